The number of methoxy groups -OCH3 is 1. The van der Waals surface area contributed by atoms with Crippen LogP contribution in [0.5, 0.6) is 11.5 Å². The summed E-state index contributed by atoms with van der Waals surface area (Å²) in [6.07, 6.45) is 1.27. The molecular formula is C19H21NO6. The zero-order chi connectivity index (χ0) is 18.5. The SMILES string of the molecule is COc1ccccc1OCc1ccc(C(=O)N2CCCC(C(=O)O)C2)o1. The molecule has 1 N–H and O–H groups in total. The maximum absolute atomic E-state index is 12.5. The van der Waals surface area contributed by atoms with Gasteiger partial charge in [0.1, 0.15) is 12.4 Å². The number of likely N-dealkylation sites (tertiary alicyclic amines) is 1. The fourth-order valence-corrected chi connectivity index (χ4v) is 2.98. The number of rotatable bonds is 6. The highest BCUT2D eigenvalue weighted by Gasteiger charge is 2.29. The van der Waals surface area contributed by atoms with Crippen molar-refractivity contribution in [1.29, 1.82) is 0 Å². The molecule has 0 saturated carbocycles. The molecule has 1 aliphatic rings. The first-order valence-corrected chi connectivity index (χ1v) is 8.45. The molecule has 7 nitrogen and oxygen atoms in total. The molecular weight excluding hydrogens is 338 g/mol. The van der Waals surface area contributed by atoms with E-state index in [9.17, 15) is 9.59 Å². The number of aliphatic carboxylic acids is 1. The molecule has 2 aromatic rings. The molecule has 1 atom stereocenters. The molecule has 1 aromatic heterocycles. The zero-order valence-electron chi connectivity index (χ0n) is 14.5. The number of para-hydroxylation sites is 2. The van der Waals surface area contributed by atoms with Crippen molar-refractivity contribution in [2.24, 2.45) is 5.92 Å². The Morgan fingerprint density at radius 3 is 2.73 bits per heavy atom. The predicted octanol–water partition coefficient (Wildman–Crippen LogP) is 2.80. The van der Waals surface area contributed by atoms with Crippen LogP contribution in [0.1, 0.15) is 29.2 Å². The third-order valence-corrected chi connectivity index (χ3v) is 4.37. The van der Waals surface area contributed by atoms with Crippen LogP contribution in [0.25, 0.3) is 0 Å². The summed E-state index contributed by atoms with van der Waals surface area (Å²) >= 11 is 0. The van der Waals surface area contributed by atoms with E-state index in [1.807, 2.05) is 12.1 Å². The van der Waals surface area contributed by atoms with Crippen LogP contribution in [-0.4, -0.2) is 42.1 Å². The van der Waals surface area contributed by atoms with Crippen LogP contribution in [0.4, 0.5) is 0 Å². The second-order valence-electron chi connectivity index (χ2n) is 6.13. The Bertz CT molecular complexity index is 784. The van der Waals surface area contributed by atoms with Gasteiger partial charge >= 0.3 is 5.97 Å². The minimum atomic E-state index is -0.868. The van der Waals surface area contributed by atoms with Crippen molar-refractivity contribution in [1.82, 2.24) is 4.90 Å². The summed E-state index contributed by atoms with van der Waals surface area (Å²) in [6, 6.07) is 10.5. The van der Waals surface area contributed by atoms with E-state index in [-0.39, 0.29) is 24.8 Å². The van der Waals surface area contributed by atoms with Crippen LogP contribution in [0.2, 0.25) is 0 Å². The molecule has 1 unspecified atom stereocenters. The summed E-state index contributed by atoms with van der Waals surface area (Å²) in [5, 5.41) is 9.15. The first kappa shape index (κ1) is 17.8. The van der Waals surface area contributed by atoms with Crippen LogP contribution in [-0.2, 0) is 11.4 Å². The van der Waals surface area contributed by atoms with E-state index >= 15 is 0 Å². The van der Waals surface area contributed by atoms with Crippen LogP contribution in [0.15, 0.2) is 40.8 Å². The molecule has 26 heavy (non-hydrogen) atoms. The Balaban J connectivity index is 1.62. The maximum atomic E-state index is 12.5. The molecule has 1 fully saturated rings. The highest BCUT2D eigenvalue weighted by molar-refractivity contribution is 5.92. The Morgan fingerprint density at radius 1 is 1.23 bits per heavy atom. The Morgan fingerprint density at radius 2 is 2.00 bits per heavy atom. The smallest absolute Gasteiger partial charge is 0.308 e. The van der Waals surface area contributed by atoms with Crippen molar-refractivity contribution in [3.8, 4) is 11.5 Å². The van der Waals surface area contributed by atoms with Crippen LogP contribution in [0.3, 0.4) is 0 Å². The molecule has 1 saturated heterocycles. The minimum absolute atomic E-state index is 0.158. The number of carbonyl (C=O) groups is 2. The number of furan rings is 1. The molecule has 0 bridgehead atoms. The molecule has 0 aliphatic carbocycles. The molecule has 138 valence electrons. The lowest BCUT2D eigenvalue weighted by Gasteiger charge is -2.29. The van der Waals surface area contributed by atoms with Gasteiger partial charge in [0.25, 0.3) is 5.91 Å². The van der Waals surface area contributed by atoms with E-state index in [1.54, 1.807) is 31.4 Å². The Kier molecular flexibility index (Phi) is 5.46. The lowest BCUT2D eigenvalue weighted by molar-refractivity contribution is -0.143. The van der Waals surface area contributed by atoms with Gasteiger partial charge in [0.2, 0.25) is 0 Å². The van der Waals surface area contributed by atoms with Gasteiger partial charge < -0.3 is 23.9 Å². The average Bonchev–Trinajstić information content (AvgIpc) is 3.15. The van der Waals surface area contributed by atoms with Crippen LogP contribution in [0, 0.1) is 5.92 Å². The van der Waals surface area contributed by atoms with Gasteiger partial charge in [-0.15, -0.1) is 0 Å². The van der Waals surface area contributed by atoms with Gasteiger partial charge in [0.05, 0.1) is 13.0 Å². The topological polar surface area (TPSA) is 89.2 Å². The summed E-state index contributed by atoms with van der Waals surface area (Å²) in [7, 11) is 1.56. The summed E-state index contributed by atoms with van der Waals surface area (Å²) in [6.45, 7) is 0.906. The second kappa shape index (κ2) is 7.95. The number of hydrogen-bond acceptors (Lipinski definition) is 5. The third kappa shape index (κ3) is 3.99. The van der Waals surface area contributed by atoms with Crippen LogP contribution >= 0.6 is 0 Å². The summed E-state index contributed by atoms with van der Waals surface area (Å²) in [4.78, 5) is 25.2. The van der Waals surface area contributed by atoms with Gasteiger partial charge in [0, 0.05) is 13.1 Å². The number of piperidine rings is 1. The first-order valence-electron chi connectivity index (χ1n) is 8.45. The number of benzene rings is 1. The van der Waals surface area contributed by atoms with Crippen LogP contribution < -0.4 is 9.47 Å². The van der Waals surface area contributed by atoms with Crippen molar-refractivity contribution in [3.05, 3.63) is 47.9 Å². The molecule has 0 spiro atoms. The second-order valence-corrected chi connectivity index (χ2v) is 6.13. The fraction of sp³-hybridized carbons (Fsp3) is 0.368. The van der Waals surface area contributed by atoms with E-state index < -0.39 is 11.9 Å². The molecule has 2 heterocycles. The van der Waals surface area contributed by atoms with Crippen molar-refractivity contribution in [2.75, 3.05) is 20.2 Å². The van der Waals surface area contributed by atoms with Crippen molar-refractivity contribution in [3.63, 3.8) is 0 Å². The number of nitrogens with zero attached hydrogens (tertiary/aromatic N) is 1. The van der Waals surface area contributed by atoms with Gasteiger partial charge in [-0.05, 0) is 37.1 Å². The summed E-state index contributed by atoms with van der Waals surface area (Å²) < 4.78 is 16.5. The maximum Gasteiger partial charge on any atom is 0.308 e. The number of ether oxygens (including phenoxy) is 2. The quantitative estimate of drug-likeness (QED) is 0.853. The number of carboxylic acids is 1. The molecule has 3 rings (SSSR count). The van der Waals surface area contributed by atoms with Gasteiger partial charge in [-0.1, -0.05) is 12.1 Å². The highest BCUT2D eigenvalue weighted by Crippen LogP contribution is 2.27. The molecule has 1 aromatic carbocycles. The zero-order valence-corrected chi connectivity index (χ0v) is 14.5. The molecule has 1 aliphatic heterocycles. The third-order valence-electron chi connectivity index (χ3n) is 4.37. The molecule has 0 radical (unpaired) electrons. The van der Waals surface area contributed by atoms with Gasteiger partial charge in [-0.3, -0.25) is 9.59 Å². The summed E-state index contributed by atoms with van der Waals surface area (Å²) in [5.74, 6) is 0.215. The van der Waals surface area contributed by atoms with E-state index in [0.29, 0.717) is 36.6 Å². The molecule has 7 heteroatoms. The van der Waals surface area contributed by atoms with Crippen molar-refractivity contribution < 1.29 is 28.6 Å². The number of carboxylic acid groups (broad SMARTS) is 1. The Hall–Kier alpha value is -2.96. The monoisotopic (exact) mass is 359 g/mol. The van der Waals surface area contributed by atoms with Gasteiger partial charge in [-0.25, -0.2) is 0 Å². The van der Waals surface area contributed by atoms with E-state index in [1.165, 1.54) is 4.90 Å². The fourth-order valence-electron chi connectivity index (χ4n) is 2.98. The normalized spacial score (nSPS) is 17.0. The van der Waals surface area contributed by atoms with E-state index in [4.69, 9.17) is 19.0 Å². The van der Waals surface area contributed by atoms with E-state index in [2.05, 4.69) is 0 Å². The minimum Gasteiger partial charge on any atom is -0.493 e. The standard InChI is InChI=1S/C19H21NO6/c1-24-15-6-2-3-7-16(15)25-12-14-8-9-17(26-14)18(21)20-10-4-5-13(11-20)19(22)23/h2-3,6-9,13H,4-5,10-12H2,1H3,(H,22,23). The predicted molar refractivity (Wildman–Crippen MR) is 92.3 cm³/mol. The average molecular weight is 359 g/mol. The van der Waals surface area contributed by atoms with Gasteiger partial charge in [-0.2, -0.15) is 0 Å². The first-order chi connectivity index (χ1) is 12.6. The molecule has 1 amide bonds. The number of hydrogen-bond donors (Lipinski definition) is 1. The Labute approximate surface area is 151 Å². The van der Waals surface area contributed by atoms with Gasteiger partial charge in [0.15, 0.2) is 17.3 Å². The van der Waals surface area contributed by atoms with Crippen molar-refractivity contribution >= 4 is 11.9 Å². The number of amides is 1. The lowest BCUT2D eigenvalue weighted by Crippen LogP contribution is -2.42. The van der Waals surface area contributed by atoms with E-state index in [0.717, 1.165) is 0 Å². The largest absolute Gasteiger partial charge is 0.493 e. The summed E-state index contributed by atoms with van der Waals surface area (Å²) in [5.41, 5.74) is 0. The number of carbonyl (C=O) groups excluding carboxylic acids is 1. The van der Waals surface area contributed by atoms with Crippen molar-refractivity contribution in [2.45, 2.75) is 19.4 Å². The highest BCUT2D eigenvalue weighted by atomic mass is 16.5. The lowest BCUT2D eigenvalue weighted by atomic mass is 9.98.